The Morgan fingerprint density at radius 3 is 2.40 bits per heavy atom. The molecule has 0 unspecified atom stereocenters. The summed E-state index contributed by atoms with van der Waals surface area (Å²) in [6.45, 7) is 1.30. The van der Waals surface area contributed by atoms with Gasteiger partial charge in [-0.25, -0.2) is 12.8 Å². The van der Waals surface area contributed by atoms with Crippen molar-refractivity contribution in [1.82, 2.24) is 9.88 Å². The highest BCUT2D eigenvalue weighted by molar-refractivity contribution is 7.92. The van der Waals surface area contributed by atoms with Crippen molar-refractivity contribution >= 4 is 26.6 Å². The molecular formula is C34H30F4N2O7S. The normalized spacial score (nSPS) is 12.2. The summed E-state index contributed by atoms with van der Waals surface area (Å²) < 4.78 is 91.2. The molecule has 2 aromatic heterocycles. The van der Waals surface area contributed by atoms with E-state index in [2.05, 4.69) is 4.98 Å². The number of carbonyl (C=O) groups is 1. The Balaban J connectivity index is 1.53. The molecule has 5 rings (SSSR count). The fraction of sp³-hybridized carbons (Fsp3) is 0.235. The minimum atomic E-state index is -4.66. The van der Waals surface area contributed by atoms with Gasteiger partial charge in [0.1, 0.15) is 17.3 Å². The third-order valence-corrected chi connectivity index (χ3v) is 9.46. The number of halogens is 4. The van der Waals surface area contributed by atoms with Crippen LogP contribution in [0, 0.1) is 12.7 Å². The van der Waals surface area contributed by atoms with Gasteiger partial charge in [-0.05, 0) is 64.7 Å². The molecule has 3 aromatic carbocycles. The minimum Gasteiger partial charge on any atom is -0.495 e. The molecule has 0 spiro atoms. The predicted molar refractivity (Wildman–Crippen MR) is 167 cm³/mol. The van der Waals surface area contributed by atoms with E-state index in [0.717, 1.165) is 40.1 Å². The number of aromatic nitrogens is 1. The Morgan fingerprint density at radius 2 is 1.73 bits per heavy atom. The number of benzene rings is 3. The first-order valence-corrected chi connectivity index (χ1v) is 16.1. The first-order chi connectivity index (χ1) is 22.7. The van der Waals surface area contributed by atoms with Crippen LogP contribution in [0.25, 0.3) is 21.9 Å². The maximum Gasteiger partial charge on any atom is 0.449 e. The molecule has 0 saturated heterocycles. The second-order valence-electron chi connectivity index (χ2n) is 11.1. The number of aryl methyl sites for hydroxylation is 1. The van der Waals surface area contributed by atoms with E-state index >= 15 is 4.39 Å². The highest BCUT2D eigenvalue weighted by Gasteiger charge is 2.35. The number of sulfone groups is 1. The van der Waals surface area contributed by atoms with Crippen molar-refractivity contribution in [3.8, 4) is 16.9 Å². The standard InChI is InChI=1S/C34H30F4N2O7S/c1-20-7-8-21-5-3-4-6-25(21)26(20)16-40(15-24-9-10-32(47-24)34(36,37)38)17-29-30(46-2)12-23(14-39-29)22-11-28(35)27(18-41)31(13-22)48(44,45)19-33(42)43/h3-14,41H,15-19H2,1-2H3,(H,42,43). The van der Waals surface area contributed by atoms with Gasteiger partial charge < -0.3 is 19.4 Å². The molecule has 0 radical (unpaired) electrons. The third-order valence-electron chi connectivity index (χ3n) is 7.80. The Hall–Kier alpha value is -4.79. The van der Waals surface area contributed by atoms with Gasteiger partial charge in [-0.1, -0.05) is 36.4 Å². The van der Waals surface area contributed by atoms with Crippen molar-refractivity contribution in [2.45, 2.75) is 44.2 Å². The van der Waals surface area contributed by atoms with Gasteiger partial charge in [0.25, 0.3) is 0 Å². The van der Waals surface area contributed by atoms with Crippen LogP contribution < -0.4 is 4.74 Å². The quantitative estimate of drug-likeness (QED) is 0.141. The molecule has 2 N–H and O–H groups in total. The summed E-state index contributed by atoms with van der Waals surface area (Å²) in [5, 5.41) is 20.7. The summed E-state index contributed by atoms with van der Waals surface area (Å²) >= 11 is 0. The Labute approximate surface area is 272 Å². The van der Waals surface area contributed by atoms with E-state index in [1.54, 1.807) is 0 Å². The molecule has 0 fully saturated rings. The zero-order chi connectivity index (χ0) is 34.8. The third kappa shape index (κ3) is 7.51. The number of carboxylic acids is 1. The van der Waals surface area contributed by atoms with E-state index in [1.165, 1.54) is 25.4 Å². The Morgan fingerprint density at radius 1 is 0.979 bits per heavy atom. The molecule has 0 aliphatic rings. The number of hydrogen-bond donors (Lipinski definition) is 2. The second kappa shape index (κ2) is 13.7. The zero-order valence-electron chi connectivity index (χ0n) is 25.7. The van der Waals surface area contributed by atoms with Gasteiger partial charge in [-0.3, -0.25) is 14.7 Å². The molecule has 48 heavy (non-hydrogen) atoms. The number of alkyl halides is 3. The SMILES string of the molecule is COc1cc(-c2cc(F)c(CO)c(S(=O)(=O)CC(=O)O)c2)cnc1CN(Cc1ccc(C(F)(F)F)o1)Cc1c(C)ccc2ccccc12. The largest absolute Gasteiger partial charge is 0.495 e. The molecule has 0 aliphatic heterocycles. The zero-order valence-corrected chi connectivity index (χ0v) is 26.5. The fourth-order valence-electron chi connectivity index (χ4n) is 5.47. The molecule has 9 nitrogen and oxygen atoms in total. The van der Waals surface area contributed by atoms with Crippen molar-refractivity contribution in [1.29, 1.82) is 0 Å². The van der Waals surface area contributed by atoms with Gasteiger partial charge in [0.2, 0.25) is 5.76 Å². The minimum absolute atomic E-state index is 0.0239. The van der Waals surface area contributed by atoms with Crippen molar-refractivity contribution < 1.29 is 50.1 Å². The van der Waals surface area contributed by atoms with Crippen LogP contribution in [0.4, 0.5) is 17.6 Å². The van der Waals surface area contributed by atoms with Crippen LogP contribution >= 0.6 is 0 Å². The lowest BCUT2D eigenvalue weighted by atomic mass is 9.99. The van der Waals surface area contributed by atoms with E-state index < -0.39 is 56.4 Å². The van der Waals surface area contributed by atoms with Crippen LogP contribution in [-0.4, -0.2) is 47.3 Å². The molecule has 0 aliphatic carbocycles. The number of ether oxygens (including phenoxy) is 1. The summed E-state index contributed by atoms with van der Waals surface area (Å²) in [6.07, 6.45) is -3.31. The summed E-state index contributed by atoms with van der Waals surface area (Å²) in [5.74, 6) is -4.85. The van der Waals surface area contributed by atoms with Crippen molar-refractivity contribution in [2.75, 3.05) is 12.9 Å². The number of nitrogens with zero attached hydrogens (tertiary/aromatic N) is 2. The number of pyridine rings is 1. The van der Waals surface area contributed by atoms with Crippen LogP contribution in [0.15, 0.2) is 82.2 Å². The van der Waals surface area contributed by atoms with Crippen LogP contribution in [0.2, 0.25) is 0 Å². The lowest BCUT2D eigenvalue weighted by Crippen LogP contribution is -2.24. The Bertz CT molecular complexity index is 2100. The number of hydrogen-bond acceptors (Lipinski definition) is 8. The predicted octanol–water partition coefficient (Wildman–Crippen LogP) is 6.52. The lowest BCUT2D eigenvalue weighted by Gasteiger charge is -2.24. The highest BCUT2D eigenvalue weighted by Crippen LogP contribution is 2.34. The number of aliphatic hydroxyl groups excluding tert-OH is 1. The molecular weight excluding hydrogens is 656 g/mol. The second-order valence-corrected chi connectivity index (χ2v) is 13.1. The first kappa shape index (κ1) is 34.5. The maximum absolute atomic E-state index is 15.0. The number of carboxylic acid groups (broad SMARTS) is 1. The summed E-state index contributed by atoms with van der Waals surface area (Å²) in [5.41, 5.74) is 1.97. The van der Waals surface area contributed by atoms with Crippen LogP contribution in [-0.2, 0) is 47.0 Å². The number of aliphatic carboxylic acids is 1. The molecule has 0 amide bonds. The van der Waals surface area contributed by atoms with E-state index in [4.69, 9.17) is 14.3 Å². The molecule has 14 heteroatoms. The van der Waals surface area contributed by atoms with Crippen molar-refractivity contribution in [3.63, 3.8) is 0 Å². The molecule has 2 heterocycles. The van der Waals surface area contributed by atoms with Gasteiger partial charge in [0.15, 0.2) is 15.6 Å². The fourth-order valence-corrected chi connectivity index (χ4v) is 6.79. The van der Waals surface area contributed by atoms with E-state index in [9.17, 15) is 31.5 Å². The molecule has 0 atom stereocenters. The van der Waals surface area contributed by atoms with E-state index in [-0.39, 0.29) is 35.7 Å². The molecule has 5 aromatic rings. The number of aliphatic hydroxyl groups is 1. The highest BCUT2D eigenvalue weighted by atomic mass is 32.2. The van der Waals surface area contributed by atoms with Gasteiger partial charge >= 0.3 is 12.1 Å². The van der Waals surface area contributed by atoms with Crippen molar-refractivity contribution in [2.24, 2.45) is 0 Å². The summed E-state index contributed by atoms with van der Waals surface area (Å²) in [4.78, 5) is 16.8. The number of furan rings is 1. The van der Waals surface area contributed by atoms with Crippen LogP contribution in [0.3, 0.4) is 0 Å². The number of methoxy groups -OCH3 is 1. The van der Waals surface area contributed by atoms with E-state index in [1.807, 2.05) is 48.2 Å². The van der Waals surface area contributed by atoms with E-state index in [0.29, 0.717) is 12.2 Å². The monoisotopic (exact) mass is 686 g/mol. The first-order valence-electron chi connectivity index (χ1n) is 14.5. The van der Waals surface area contributed by atoms with Crippen molar-refractivity contribution in [3.05, 3.63) is 113 Å². The lowest BCUT2D eigenvalue weighted by molar-refractivity contribution is -0.153. The molecule has 0 bridgehead atoms. The maximum atomic E-state index is 15.0. The van der Waals surface area contributed by atoms with Crippen LogP contribution in [0.1, 0.15) is 33.9 Å². The number of rotatable bonds is 12. The van der Waals surface area contributed by atoms with Gasteiger partial charge in [-0.2, -0.15) is 13.2 Å². The molecule has 252 valence electrons. The molecule has 0 saturated carbocycles. The van der Waals surface area contributed by atoms with Gasteiger partial charge in [-0.15, -0.1) is 0 Å². The smallest absolute Gasteiger partial charge is 0.449 e. The topological polar surface area (TPSA) is 130 Å². The summed E-state index contributed by atoms with van der Waals surface area (Å²) in [6, 6.07) is 17.4. The average Bonchev–Trinajstić information content (AvgIpc) is 3.51. The Kier molecular flexibility index (Phi) is 9.89. The van der Waals surface area contributed by atoms with Crippen LogP contribution in [0.5, 0.6) is 5.75 Å². The number of fused-ring (bicyclic) bond motifs is 1. The summed E-state index contributed by atoms with van der Waals surface area (Å²) in [7, 11) is -3.15. The van der Waals surface area contributed by atoms with Gasteiger partial charge in [0, 0.05) is 30.4 Å². The average molecular weight is 687 g/mol. The van der Waals surface area contributed by atoms with Gasteiger partial charge in [0.05, 0.1) is 30.9 Å².